The van der Waals surface area contributed by atoms with E-state index >= 15 is 0 Å². The van der Waals surface area contributed by atoms with Crippen LogP contribution < -0.4 is 10.6 Å². The van der Waals surface area contributed by atoms with Crippen LogP contribution in [0.5, 0.6) is 0 Å². The summed E-state index contributed by atoms with van der Waals surface area (Å²) in [6.07, 6.45) is -4.46. The molecule has 2 N–H and O–H groups in total. The third kappa shape index (κ3) is 5.71. The number of thiazole rings is 1. The van der Waals surface area contributed by atoms with Crippen molar-refractivity contribution >= 4 is 23.3 Å². The predicted octanol–water partition coefficient (Wildman–Crippen LogP) is 3.11. The van der Waals surface area contributed by atoms with Gasteiger partial charge in [0.15, 0.2) is 11.7 Å². The van der Waals surface area contributed by atoms with E-state index < -0.39 is 17.8 Å². The number of alkyl halides is 3. The van der Waals surface area contributed by atoms with Gasteiger partial charge in [-0.25, -0.2) is 14.8 Å². The molecular weight excluding hydrogens is 385 g/mol. The number of carbonyl (C=O) groups excluding carboxylic acids is 1. The quantitative estimate of drug-likeness (QED) is 0.437. The highest BCUT2D eigenvalue weighted by molar-refractivity contribution is 7.09. The van der Waals surface area contributed by atoms with Crippen molar-refractivity contribution in [1.29, 1.82) is 0 Å². The van der Waals surface area contributed by atoms with Crippen molar-refractivity contribution in [2.75, 3.05) is 13.7 Å². The molecule has 0 aliphatic heterocycles. The van der Waals surface area contributed by atoms with E-state index in [1.165, 1.54) is 7.11 Å². The number of halogens is 3. The Balaban J connectivity index is 2.02. The Kier molecular flexibility index (Phi) is 6.83. The number of furan rings is 1. The molecule has 2 aromatic heterocycles. The molecule has 0 radical (unpaired) electrons. The molecule has 0 fully saturated rings. The molecule has 0 aliphatic carbocycles. The third-order valence-electron chi connectivity index (χ3n) is 3.36. The number of esters is 1. The highest BCUT2D eigenvalue weighted by Gasteiger charge is 2.33. The van der Waals surface area contributed by atoms with Crippen molar-refractivity contribution in [3.63, 3.8) is 0 Å². The van der Waals surface area contributed by atoms with Crippen LogP contribution in [0.1, 0.15) is 39.5 Å². The van der Waals surface area contributed by atoms with Gasteiger partial charge in [0, 0.05) is 11.9 Å². The fourth-order valence-electron chi connectivity index (χ4n) is 2.11. The van der Waals surface area contributed by atoms with Gasteiger partial charge in [-0.05, 0) is 19.9 Å². The van der Waals surface area contributed by atoms with Crippen molar-refractivity contribution in [3.05, 3.63) is 39.2 Å². The Labute approximate surface area is 157 Å². The minimum atomic E-state index is -4.46. The number of aliphatic imine (C=N–C) groups is 1. The van der Waals surface area contributed by atoms with Crippen molar-refractivity contribution in [3.8, 4) is 0 Å². The van der Waals surface area contributed by atoms with Crippen LogP contribution in [0.4, 0.5) is 13.2 Å². The molecular formula is C16H19F3N4O3S. The van der Waals surface area contributed by atoms with E-state index in [4.69, 9.17) is 4.42 Å². The monoisotopic (exact) mass is 404 g/mol. The van der Waals surface area contributed by atoms with E-state index in [2.05, 4.69) is 25.3 Å². The van der Waals surface area contributed by atoms with E-state index in [0.29, 0.717) is 29.6 Å². The molecule has 27 heavy (non-hydrogen) atoms. The topological polar surface area (TPSA) is 88.8 Å². The SMILES string of the molecule is CCNC(=NCc1cc(C(=O)OC)c(C)o1)NCc1nc(C(F)(F)F)cs1. The van der Waals surface area contributed by atoms with Crippen LogP contribution in [0.3, 0.4) is 0 Å². The van der Waals surface area contributed by atoms with Gasteiger partial charge in [-0.2, -0.15) is 13.2 Å². The first-order chi connectivity index (χ1) is 12.7. The lowest BCUT2D eigenvalue weighted by Crippen LogP contribution is -2.36. The van der Waals surface area contributed by atoms with Crippen molar-refractivity contribution in [2.45, 2.75) is 33.1 Å². The first kappa shape index (κ1) is 20.7. The normalized spacial score (nSPS) is 12.1. The number of carbonyl (C=O) groups is 1. The maximum atomic E-state index is 12.6. The molecule has 0 spiro atoms. The lowest BCUT2D eigenvalue weighted by atomic mass is 10.2. The van der Waals surface area contributed by atoms with Gasteiger partial charge in [0.05, 0.1) is 13.7 Å². The van der Waals surface area contributed by atoms with Crippen LogP contribution in [0, 0.1) is 6.92 Å². The molecule has 0 bridgehead atoms. The summed E-state index contributed by atoms with van der Waals surface area (Å²) in [6, 6.07) is 1.55. The zero-order valence-electron chi connectivity index (χ0n) is 14.9. The number of aryl methyl sites for hydroxylation is 1. The molecule has 2 rings (SSSR count). The van der Waals surface area contributed by atoms with Gasteiger partial charge in [-0.3, -0.25) is 0 Å². The van der Waals surface area contributed by atoms with Crippen LogP contribution in [0.15, 0.2) is 20.9 Å². The Bertz CT molecular complexity index is 814. The molecule has 2 heterocycles. The lowest BCUT2D eigenvalue weighted by Gasteiger charge is -2.09. The molecule has 0 unspecified atom stereocenters. The number of ether oxygens (including phenoxy) is 1. The average molecular weight is 404 g/mol. The summed E-state index contributed by atoms with van der Waals surface area (Å²) < 4.78 is 47.9. The van der Waals surface area contributed by atoms with E-state index in [1.807, 2.05) is 6.92 Å². The van der Waals surface area contributed by atoms with Crippen LogP contribution in [0.2, 0.25) is 0 Å². The van der Waals surface area contributed by atoms with Crippen molar-refractivity contribution < 1.29 is 27.1 Å². The summed E-state index contributed by atoms with van der Waals surface area (Å²) >= 11 is 0.916. The first-order valence-corrected chi connectivity index (χ1v) is 8.84. The Hall–Kier alpha value is -2.56. The largest absolute Gasteiger partial charge is 0.465 e. The fraction of sp³-hybridized carbons (Fsp3) is 0.438. The van der Waals surface area contributed by atoms with Crippen LogP contribution in [-0.4, -0.2) is 30.6 Å². The van der Waals surface area contributed by atoms with E-state index in [1.54, 1.807) is 13.0 Å². The molecule has 11 heteroatoms. The number of rotatable bonds is 6. The predicted molar refractivity (Wildman–Crippen MR) is 93.6 cm³/mol. The Morgan fingerprint density at radius 3 is 2.74 bits per heavy atom. The molecule has 0 aromatic carbocycles. The highest BCUT2D eigenvalue weighted by Crippen LogP contribution is 2.29. The first-order valence-electron chi connectivity index (χ1n) is 7.96. The minimum absolute atomic E-state index is 0.0944. The molecule has 0 aliphatic rings. The van der Waals surface area contributed by atoms with Gasteiger partial charge in [-0.1, -0.05) is 0 Å². The van der Waals surface area contributed by atoms with Gasteiger partial charge in [-0.15, -0.1) is 11.3 Å². The second kappa shape index (κ2) is 8.89. The van der Waals surface area contributed by atoms with Gasteiger partial charge < -0.3 is 19.8 Å². The number of hydrogen-bond donors (Lipinski definition) is 2. The van der Waals surface area contributed by atoms with Crippen molar-refractivity contribution in [2.24, 2.45) is 4.99 Å². The standard InChI is InChI=1S/C16H19F3N4O3S/c1-4-20-15(22-7-13-23-12(8-27-13)16(17,18)19)21-6-10-5-11(9(2)26-10)14(24)25-3/h5,8H,4,6-7H2,1-3H3,(H2,20,21,22). The maximum Gasteiger partial charge on any atom is 0.434 e. The Morgan fingerprint density at radius 1 is 1.41 bits per heavy atom. The summed E-state index contributed by atoms with van der Waals surface area (Å²) in [7, 11) is 1.28. The zero-order chi connectivity index (χ0) is 20.0. The summed E-state index contributed by atoms with van der Waals surface area (Å²) in [5.41, 5.74) is -0.587. The van der Waals surface area contributed by atoms with E-state index in [9.17, 15) is 18.0 Å². The number of guanidine groups is 1. The minimum Gasteiger partial charge on any atom is -0.465 e. The van der Waals surface area contributed by atoms with Gasteiger partial charge in [0.2, 0.25) is 0 Å². The summed E-state index contributed by atoms with van der Waals surface area (Å²) in [4.78, 5) is 19.4. The average Bonchev–Trinajstić information content (AvgIpc) is 3.23. The highest BCUT2D eigenvalue weighted by atomic mass is 32.1. The number of aromatic nitrogens is 1. The molecule has 2 aromatic rings. The van der Waals surface area contributed by atoms with Crippen LogP contribution in [-0.2, 0) is 24.0 Å². The summed E-state index contributed by atoms with van der Waals surface area (Å²) in [6.45, 7) is 4.29. The van der Waals surface area contributed by atoms with Crippen molar-refractivity contribution in [1.82, 2.24) is 15.6 Å². The van der Waals surface area contributed by atoms with Gasteiger partial charge in [0.1, 0.15) is 28.6 Å². The molecule has 148 valence electrons. The maximum absolute atomic E-state index is 12.6. The number of hydrogen-bond acceptors (Lipinski definition) is 6. The lowest BCUT2D eigenvalue weighted by molar-refractivity contribution is -0.140. The molecule has 0 amide bonds. The fourth-order valence-corrected chi connectivity index (χ4v) is 2.86. The molecule has 0 saturated heterocycles. The Morgan fingerprint density at radius 2 is 2.15 bits per heavy atom. The molecule has 7 nitrogen and oxygen atoms in total. The zero-order valence-corrected chi connectivity index (χ0v) is 15.8. The van der Waals surface area contributed by atoms with Crippen LogP contribution in [0.25, 0.3) is 0 Å². The van der Waals surface area contributed by atoms with Gasteiger partial charge in [0.25, 0.3) is 0 Å². The van der Waals surface area contributed by atoms with E-state index in [0.717, 1.165) is 16.7 Å². The second-order valence-corrected chi connectivity index (χ2v) is 6.29. The van der Waals surface area contributed by atoms with Crippen LogP contribution >= 0.6 is 11.3 Å². The molecule has 0 saturated carbocycles. The third-order valence-corrected chi connectivity index (χ3v) is 4.21. The summed E-state index contributed by atoms with van der Waals surface area (Å²) in [5.74, 6) is 0.766. The number of nitrogens with zero attached hydrogens (tertiary/aromatic N) is 2. The second-order valence-electron chi connectivity index (χ2n) is 5.35. The van der Waals surface area contributed by atoms with E-state index in [-0.39, 0.29) is 18.1 Å². The van der Waals surface area contributed by atoms with Gasteiger partial charge >= 0.3 is 12.1 Å². The number of methoxy groups -OCH3 is 1. The number of nitrogens with one attached hydrogen (secondary N) is 2. The summed E-state index contributed by atoms with van der Waals surface area (Å²) in [5, 5.41) is 7.15. The molecule has 0 atom stereocenters. The smallest absolute Gasteiger partial charge is 0.434 e.